The monoisotopic (exact) mass is 365 g/mol. The summed E-state index contributed by atoms with van der Waals surface area (Å²) >= 11 is 1.41. The Morgan fingerprint density at radius 3 is 2.21 bits per heavy atom. The quantitative estimate of drug-likeness (QED) is 0.793. The van der Waals surface area contributed by atoms with Gasteiger partial charge < -0.3 is 0 Å². The van der Waals surface area contributed by atoms with E-state index in [1.807, 2.05) is 18.2 Å². The number of rotatable bonds is 6. The molecule has 0 spiro atoms. The number of hydrogen-bond acceptors (Lipinski definition) is 4. The third-order valence-electron chi connectivity index (χ3n) is 3.70. The van der Waals surface area contributed by atoms with Gasteiger partial charge in [0.15, 0.2) is 5.78 Å². The van der Waals surface area contributed by atoms with E-state index in [4.69, 9.17) is 0 Å². The highest BCUT2D eigenvalue weighted by Crippen LogP contribution is 2.23. The van der Waals surface area contributed by atoms with Gasteiger partial charge in [-0.2, -0.15) is 0 Å². The molecule has 1 N–H and O–H groups in total. The van der Waals surface area contributed by atoms with Crippen molar-refractivity contribution < 1.29 is 13.2 Å². The number of carbonyl (C=O) groups is 1. The zero-order valence-electron chi connectivity index (χ0n) is 14.4. The number of benzene rings is 1. The zero-order valence-corrected chi connectivity index (χ0v) is 16.1. The molecule has 1 aromatic carbocycles. The number of ketones is 1. The van der Waals surface area contributed by atoms with Crippen LogP contribution in [0.4, 0.5) is 0 Å². The Kier molecular flexibility index (Phi) is 5.63. The second-order valence-electron chi connectivity index (χ2n) is 6.74. The van der Waals surface area contributed by atoms with Gasteiger partial charge in [-0.3, -0.25) is 4.79 Å². The molecule has 0 saturated carbocycles. The van der Waals surface area contributed by atoms with E-state index in [1.165, 1.54) is 18.3 Å². The smallest absolute Gasteiger partial charge is 0.240 e. The molecule has 1 heterocycles. The lowest BCUT2D eigenvalue weighted by Crippen LogP contribution is -2.26. The van der Waals surface area contributed by atoms with Crippen molar-refractivity contribution in [2.75, 3.05) is 6.54 Å². The Morgan fingerprint density at radius 2 is 1.71 bits per heavy atom. The fourth-order valence-electron chi connectivity index (χ4n) is 2.23. The maximum absolute atomic E-state index is 12.3. The van der Waals surface area contributed by atoms with Crippen molar-refractivity contribution in [1.82, 2.24) is 4.72 Å². The standard InChI is InChI=1S/C18H23NO3S2/c1-13(20)17-10-7-15(23-17)11-12-19-24(21,22)16-8-5-14(6-9-16)18(2,3)4/h5-10,19H,11-12H2,1-4H3. The first-order valence-corrected chi connectivity index (χ1v) is 10.1. The van der Waals surface area contributed by atoms with Gasteiger partial charge in [-0.05, 0) is 48.6 Å². The first-order chi connectivity index (χ1) is 11.1. The molecule has 0 atom stereocenters. The molecule has 0 radical (unpaired) electrons. The van der Waals surface area contributed by atoms with Crippen LogP contribution in [0.1, 0.15) is 47.8 Å². The van der Waals surface area contributed by atoms with Gasteiger partial charge in [-0.25, -0.2) is 13.1 Å². The Morgan fingerprint density at radius 1 is 1.08 bits per heavy atom. The van der Waals surface area contributed by atoms with Gasteiger partial charge in [0, 0.05) is 11.4 Å². The number of Topliss-reactive ketones (excluding diaryl/α,β-unsaturated/α-hetero) is 1. The van der Waals surface area contributed by atoms with Gasteiger partial charge in [0.05, 0.1) is 9.77 Å². The summed E-state index contributed by atoms with van der Waals surface area (Å²) in [6.07, 6.45) is 0.567. The highest BCUT2D eigenvalue weighted by Gasteiger charge is 2.17. The van der Waals surface area contributed by atoms with E-state index in [0.29, 0.717) is 17.8 Å². The van der Waals surface area contributed by atoms with E-state index < -0.39 is 10.0 Å². The maximum Gasteiger partial charge on any atom is 0.240 e. The van der Waals surface area contributed by atoms with E-state index >= 15 is 0 Å². The van der Waals surface area contributed by atoms with Crippen LogP contribution in [0.2, 0.25) is 0 Å². The largest absolute Gasteiger partial charge is 0.294 e. The fraction of sp³-hybridized carbons (Fsp3) is 0.389. The third-order valence-corrected chi connectivity index (χ3v) is 6.43. The normalized spacial score (nSPS) is 12.3. The van der Waals surface area contributed by atoms with Crippen LogP contribution in [0.5, 0.6) is 0 Å². The molecular weight excluding hydrogens is 342 g/mol. The molecule has 0 unspecified atom stereocenters. The molecule has 0 amide bonds. The van der Waals surface area contributed by atoms with Gasteiger partial charge >= 0.3 is 0 Å². The summed E-state index contributed by atoms with van der Waals surface area (Å²) in [5.41, 5.74) is 1.08. The molecule has 1 aromatic heterocycles. The summed E-state index contributed by atoms with van der Waals surface area (Å²) in [5.74, 6) is 0.0331. The Bertz CT molecular complexity index is 813. The van der Waals surface area contributed by atoms with E-state index in [0.717, 1.165) is 10.4 Å². The highest BCUT2D eigenvalue weighted by atomic mass is 32.2. The van der Waals surface area contributed by atoms with Gasteiger partial charge in [-0.1, -0.05) is 32.9 Å². The summed E-state index contributed by atoms with van der Waals surface area (Å²) in [5, 5.41) is 0. The minimum Gasteiger partial charge on any atom is -0.294 e. The second-order valence-corrected chi connectivity index (χ2v) is 9.68. The minimum atomic E-state index is -3.51. The second kappa shape index (κ2) is 7.17. The summed E-state index contributed by atoms with van der Waals surface area (Å²) in [6.45, 7) is 8.10. The lowest BCUT2D eigenvalue weighted by atomic mass is 9.87. The summed E-state index contributed by atoms with van der Waals surface area (Å²) in [4.78, 5) is 13.2. The molecule has 6 heteroatoms. The van der Waals surface area contributed by atoms with E-state index in [9.17, 15) is 13.2 Å². The van der Waals surface area contributed by atoms with Crippen molar-refractivity contribution in [3.8, 4) is 0 Å². The highest BCUT2D eigenvalue weighted by molar-refractivity contribution is 7.89. The molecule has 0 aliphatic carbocycles. The van der Waals surface area contributed by atoms with Crippen molar-refractivity contribution in [2.24, 2.45) is 0 Å². The van der Waals surface area contributed by atoms with Crippen LogP contribution >= 0.6 is 11.3 Å². The molecule has 0 aliphatic rings. The number of nitrogens with one attached hydrogen (secondary N) is 1. The first kappa shape index (κ1) is 18.8. The van der Waals surface area contributed by atoms with Crippen molar-refractivity contribution in [1.29, 1.82) is 0 Å². The van der Waals surface area contributed by atoms with Crippen LogP contribution in [0.3, 0.4) is 0 Å². The Labute approximate surface area is 148 Å². The Balaban J connectivity index is 1.99. The molecule has 0 aliphatic heterocycles. The SMILES string of the molecule is CC(=O)c1ccc(CCNS(=O)(=O)c2ccc(C(C)(C)C)cc2)s1. The number of thiophene rings is 1. The Hall–Kier alpha value is -1.50. The molecule has 0 saturated heterocycles. The predicted molar refractivity (Wildman–Crippen MR) is 98.4 cm³/mol. The molecule has 2 rings (SSSR count). The van der Waals surface area contributed by atoms with Crippen molar-refractivity contribution in [3.05, 3.63) is 51.7 Å². The molecule has 2 aromatic rings. The molecule has 4 nitrogen and oxygen atoms in total. The lowest BCUT2D eigenvalue weighted by Gasteiger charge is -2.19. The predicted octanol–water partition coefficient (Wildman–Crippen LogP) is 3.77. The van der Waals surface area contributed by atoms with E-state index in [2.05, 4.69) is 25.5 Å². The number of carbonyl (C=O) groups excluding carboxylic acids is 1. The number of sulfonamides is 1. The van der Waals surface area contributed by atoms with Gasteiger partial charge in [-0.15, -0.1) is 11.3 Å². The van der Waals surface area contributed by atoms with Gasteiger partial charge in [0.25, 0.3) is 0 Å². The molecule has 24 heavy (non-hydrogen) atoms. The van der Waals surface area contributed by atoms with Crippen LogP contribution < -0.4 is 4.72 Å². The summed E-state index contributed by atoms with van der Waals surface area (Å²) < 4.78 is 27.3. The van der Waals surface area contributed by atoms with E-state index in [1.54, 1.807) is 18.2 Å². The minimum absolute atomic E-state index is 0.0106. The average molecular weight is 366 g/mol. The molecular formula is C18H23NO3S2. The lowest BCUT2D eigenvalue weighted by molar-refractivity contribution is 0.102. The van der Waals surface area contributed by atoms with Crippen LogP contribution in [0.25, 0.3) is 0 Å². The van der Waals surface area contributed by atoms with Gasteiger partial charge in [0.2, 0.25) is 10.0 Å². The molecule has 0 fully saturated rings. The number of hydrogen-bond donors (Lipinski definition) is 1. The van der Waals surface area contributed by atoms with Crippen molar-refractivity contribution >= 4 is 27.1 Å². The maximum atomic E-state index is 12.3. The topological polar surface area (TPSA) is 63.2 Å². The van der Waals surface area contributed by atoms with Crippen LogP contribution in [0.15, 0.2) is 41.3 Å². The van der Waals surface area contributed by atoms with Gasteiger partial charge in [0.1, 0.15) is 0 Å². The zero-order chi connectivity index (χ0) is 18.0. The molecule has 0 bridgehead atoms. The van der Waals surface area contributed by atoms with Crippen LogP contribution in [-0.2, 0) is 21.9 Å². The van der Waals surface area contributed by atoms with Crippen molar-refractivity contribution in [3.63, 3.8) is 0 Å². The summed E-state index contributed by atoms with van der Waals surface area (Å²) in [7, 11) is -3.51. The van der Waals surface area contributed by atoms with Crippen LogP contribution in [-0.4, -0.2) is 20.7 Å². The third kappa shape index (κ3) is 4.75. The van der Waals surface area contributed by atoms with Crippen molar-refractivity contribution in [2.45, 2.75) is 44.4 Å². The van der Waals surface area contributed by atoms with Crippen LogP contribution in [0, 0.1) is 0 Å². The first-order valence-electron chi connectivity index (χ1n) is 7.79. The summed E-state index contributed by atoms with van der Waals surface area (Å²) in [6, 6.07) is 10.6. The van der Waals surface area contributed by atoms with E-state index in [-0.39, 0.29) is 16.1 Å². The average Bonchev–Trinajstić information content (AvgIpc) is 2.95. The molecule has 130 valence electrons. The fourth-order valence-corrected chi connectivity index (χ4v) is 4.16.